The molecule has 2 aromatic rings. The fourth-order valence-corrected chi connectivity index (χ4v) is 2.06. The number of amides is 1. The quantitative estimate of drug-likeness (QED) is 0.855. The van der Waals surface area contributed by atoms with Gasteiger partial charge in [-0.1, -0.05) is 12.1 Å². The van der Waals surface area contributed by atoms with E-state index in [-0.39, 0.29) is 11.9 Å². The molecule has 0 aliphatic rings. The Morgan fingerprint density at radius 1 is 1.43 bits per heavy atom. The van der Waals surface area contributed by atoms with E-state index in [1.165, 1.54) is 0 Å². The van der Waals surface area contributed by atoms with Crippen LogP contribution in [0.4, 0.5) is 11.4 Å². The Balaban J connectivity index is 1.89. The molecule has 0 spiro atoms. The first-order valence-corrected chi connectivity index (χ1v) is 6.76. The summed E-state index contributed by atoms with van der Waals surface area (Å²) in [7, 11) is 3.43. The molecule has 1 heterocycles. The first-order valence-electron chi connectivity index (χ1n) is 6.76. The lowest BCUT2D eigenvalue weighted by molar-refractivity contribution is -0.116. The van der Waals surface area contributed by atoms with Gasteiger partial charge in [0.05, 0.1) is 24.7 Å². The lowest BCUT2D eigenvalue weighted by Crippen LogP contribution is -2.23. The van der Waals surface area contributed by atoms with Crippen LogP contribution in [0.3, 0.4) is 0 Å². The van der Waals surface area contributed by atoms with Gasteiger partial charge in [0.25, 0.3) is 0 Å². The third-order valence-corrected chi connectivity index (χ3v) is 2.99. The van der Waals surface area contributed by atoms with E-state index < -0.39 is 0 Å². The number of carbonyl (C=O) groups excluding carboxylic acids is 1. The van der Waals surface area contributed by atoms with Crippen LogP contribution in [0.1, 0.15) is 13.3 Å². The number of carbonyl (C=O) groups is 1. The van der Waals surface area contributed by atoms with Crippen molar-refractivity contribution in [3.05, 3.63) is 36.7 Å². The highest BCUT2D eigenvalue weighted by Crippen LogP contribution is 2.23. The minimum Gasteiger partial charge on any atom is -0.495 e. The van der Waals surface area contributed by atoms with Gasteiger partial charge in [0.15, 0.2) is 0 Å². The molecule has 1 aromatic heterocycles. The van der Waals surface area contributed by atoms with Gasteiger partial charge in [-0.3, -0.25) is 9.48 Å². The number of hydrogen-bond donors (Lipinski definition) is 2. The third-order valence-electron chi connectivity index (χ3n) is 2.99. The van der Waals surface area contributed by atoms with Crippen LogP contribution in [0.15, 0.2) is 36.7 Å². The van der Waals surface area contributed by atoms with E-state index in [9.17, 15) is 4.79 Å². The maximum atomic E-state index is 12.1. The number of aryl methyl sites for hydroxylation is 1. The second-order valence-electron chi connectivity index (χ2n) is 4.90. The summed E-state index contributed by atoms with van der Waals surface area (Å²) in [6.07, 6.45) is 3.95. The van der Waals surface area contributed by atoms with Crippen LogP contribution in [0, 0.1) is 0 Å². The molecule has 21 heavy (non-hydrogen) atoms. The maximum Gasteiger partial charge on any atom is 0.226 e. The van der Waals surface area contributed by atoms with Gasteiger partial charge in [0.1, 0.15) is 5.75 Å². The fraction of sp³-hybridized carbons (Fsp3) is 0.333. The molecular weight excluding hydrogens is 268 g/mol. The number of ether oxygens (including phenoxy) is 1. The summed E-state index contributed by atoms with van der Waals surface area (Å²) in [6.45, 7) is 1.95. The van der Waals surface area contributed by atoms with Crippen molar-refractivity contribution in [3.63, 3.8) is 0 Å². The third kappa shape index (κ3) is 4.24. The monoisotopic (exact) mass is 288 g/mol. The predicted octanol–water partition coefficient (Wildman–Crippen LogP) is 2.26. The van der Waals surface area contributed by atoms with Crippen LogP contribution in [0.25, 0.3) is 0 Å². The van der Waals surface area contributed by atoms with Gasteiger partial charge in [-0.25, -0.2) is 0 Å². The first-order chi connectivity index (χ1) is 10.1. The van der Waals surface area contributed by atoms with Crippen molar-refractivity contribution in [2.24, 2.45) is 7.05 Å². The summed E-state index contributed by atoms with van der Waals surface area (Å²) in [4.78, 5) is 12.1. The van der Waals surface area contributed by atoms with Crippen molar-refractivity contribution in [2.75, 3.05) is 17.7 Å². The smallest absolute Gasteiger partial charge is 0.226 e. The van der Waals surface area contributed by atoms with Crippen LogP contribution >= 0.6 is 0 Å². The van der Waals surface area contributed by atoms with E-state index in [0.717, 1.165) is 5.69 Å². The molecule has 1 aromatic carbocycles. The summed E-state index contributed by atoms with van der Waals surface area (Å²) >= 11 is 0. The van der Waals surface area contributed by atoms with E-state index in [4.69, 9.17) is 4.74 Å². The van der Waals surface area contributed by atoms with Crippen LogP contribution in [0.5, 0.6) is 5.75 Å². The summed E-state index contributed by atoms with van der Waals surface area (Å²) in [5, 5.41) is 10.2. The van der Waals surface area contributed by atoms with Gasteiger partial charge in [0, 0.05) is 25.7 Å². The van der Waals surface area contributed by atoms with Crippen molar-refractivity contribution < 1.29 is 9.53 Å². The molecule has 2 rings (SSSR count). The summed E-state index contributed by atoms with van der Waals surface area (Å²) < 4.78 is 6.92. The highest BCUT2D eigenvalue weighted by Gasteiger charge is 2.11. The van der Waals surface area contributed by atoms with Crippen LogP contribution in [-0.4, -0.2) is 28.8 Å². The Morgan fingerprint density at radius 3 is 2.86 bits per heavy atom. The molecule has 0 aliphatic carbocycles. The van der Waals surface area contributed by atoms with Crippen molar-refractivity contribution >= 4 is 17.3 Å². The highest BCUT2D eigenvalue weighted by molar-refractivity contribution is 5.92. The minimum atomic E-state index is -0.0663. The highest BCUT2D eigenvalue weighted by atomic mass is 16.5. The van der Waals surface area contributed by atoms with E-state index in [1.807, 2.05) is 44.4 Å². The van der Waals surface area contributed by atoms with Crippen molar-refractivity contribution in [3.8, 4) is 5.75 Å². The van der Waals surface area contributed by atoms with Gasteiger partial charge in [0.2, 0.25) is 5.91 Å². The zero-order valence-corrected chi connectivity index (χ0v) is 12.5. The number of hydrogen-bond acceptors (Lipinski definition) is 4. The fourth-order valence-electron chi connectivity index (χ4n) is 2.06. The molecule has 6 nitrogen and oxygen atoms in total. The topological polar surface area (TPSA) is 68.2 Å². The van der Waals surface area contributed by atoms with Gasteiger partial charge < -0.3 is 15.4 Å². The standard InChI is InChI=1S/C15H20N4O2/c1-11(17-12-9-16-19(2)10-12)8-15(20)18-13-6-4-5-7-14(13)21-3/h4-7,9-11,17H,8H2,1-3H3,(H,18,20). The summed E-state index contributed by atoms with van der Waals surface area (Å²) in [5.41, 5.74) is 1.58. The Kier molecular flexibility index (Phi) is 4.81. The Hall–Kier alpha value is -2.50. The molecule has 0 saturated carbocycles. The van der Waals surface area contributed by atoms with Gasteiger partial charge in [-0.2, -0.15) is 5.10 Å². The molecule has 1 unspecified atom stereocenters. The molecule has 1 atom stereocenters. The van der Waals surface area contributed by atoms with Gasteiger partial charge >= 0.3 is 0 Å². The number of nitrogens with zero attached hydrogens (tertiary/aromatic N) is 2. The number of methoxy groups -OCH3 is 1. The largest absolute Gasteiger partial charge is 0.495 e. The zero-order chi connectivity index (χ0) is 15.2. The molecule has 0 fully saturated rings. The number of para-hydroxylation sites is 2. The average Bonchev–Trinajstić information content (AvgIpc) is 2.84. The second kappa shape index (κ2) is 6.78. The first kappa shape index (κ1) is 14.9. The number of nitrogens with one attached hydrogen (secondary N) is 2. The normalized spacial score (nSPS) is 11.8. The number of aromatic nitrogens is 2. The molecule has 1 amide bonds. The minimum absolute atomic E-state index is 0.00362. The molecule has 2 N–H and O–H groups in total. The van der Waals surface area contributed by atoms with Gasteiger partial charge in [-0.15, -0.1) is 0 Å². The van der Waals surface area contributed by atoms with Crippen molar-refractivity contribution in [2.45, 2.75) is 19.4 Å². The van der Waals surface area contributed by atoms with E-state index in [2.05, 4.69) is 15.7 Å². The number of anilines is 2. The maximum absolute atomic E-state index is 12.1. The predicted molar refractivity (Wildman–Crippen MR) is 82.5 cm³/mol. The Bertz CT molecular complexity index is 609. The van der Waals surface area contributed by atoms with Crippen LogP contribution in [0.2, 0.25) is 0 Å². The van der Waals surface area contributed by atoms with E-state index >= 15 is 0 Å². The Morgan fingerprint density at radius 2 is 2.19 bits per heavy atom. The van der Waals surface area contributed by atoms with E-state index in [0.29, 0.717) is 17.9 Å². The Labute approximate surface area is 124 Å². The number of rotatable bonds is 6. The summed E-state index contributed by atoms with van der Waals surface area (Å²) in [6, 6.07) is 7.35. The molecule has 0 radical (unpaired) electrons. The SMILES string of the molecule is COc1ccccc1NC(=O)CC(C)Nc1cnn(C)c1. The van der Waals surface area contributed by atoms with Crippen LogP contribution < -0.4 is 15.4 Å². The molecular formula is C15H20N4O2. The molecule has 112 valence electrons. The van der Waals surface area contributed by atoms with Crippen molar-refractivity contribution in [1.82, 2.24) is 9.78 Å². The van der Waals surface area contributed by atoms with Gasteiger partial charge in [-0.05, 0) is 19.1 Å². The van der Waals surface area contributed by atoms with Crippen LogP contribution in [-0.2, 0) is 11.8 Å². The lowest BCUT2D eigenvalue weighted by atomic mass is 10.2. The molecule has 0 saturated heterocycles. The summed E-state index contributed by atoms with van der Waals surface area (Å²) in [5.74, 6) is 0.585. The van der Waals surface area contributed by atoms with Crippen molar-refractivity contribution in [1.29, 1.82) is 0 Å². The molecule has 0 aliphatic heterocycles. The average molecular weight is 288 g/mol. The molecule has 6 heteroatoms. The molecule has 0 bridgehead atoms. The second-order valence-corrected chi connectivity index (χ2v) is 4.90. The van der Waals surface area contributed by atoms with E-state index in [1.54, 1.807) is 18.0 Å². The zero-order valence-electron chi connectivity index (χ0n) is 12.5. The lowest BCUT2D eigenvalue weighted by Gasteiger charge is -2.14. The number of benzene rings is 1.